The zero-order chi connectivity index (χ0) is 19.9. The average Bonchev–Trinajstić information content (AvgIpc) is 2.70. The maximum Gasteiger partial charge on any atom is 0.313 e. The van der Waals surface area contributed by atoms with Gasteiger partial charge in [0.1, 0.15) is 5.75 Å². The standard InChI is InChI=1S/C23H22N2O3/c1-17-14-20(26)12-13-21(17)24-22(27)23(28)25(15-18-8-4-2-5-9-18)16-19-10-6-3-7-11-19/h2-14,26H,15-16H2,1H3,(H,24,27). The van der Waals surface area contributed by atoms with E-state index >= 15 is 0 Å². The number of amides is 2. The summed E-state index contributed by atoms with van der Waals surface area (Å²) >= 11 is 0. The monoisotopic (exact) mass is 374 g/mol. The summed E-state index contributed by atoms with van der Waals surface area (Å²) in [6, 6.07) is 23.7. The number of aryl methyl sites for hydroxylation is 1. The van der Waals surface area contributed by atoms with E-state index in [1.165, 1.54) is 17.0 Å². The Balaban J connectivity index is 1.79. The maximum absolute atomic E-state index is 12.9. The highest BCUT2D eigenvalue weighted by molar-refractivity contribution is 6.39. The molecular weight excluding hydrogens is 352 g/mol. The molecule has 28 heavy (non-hydrogen) atoms. The summed E-state index contributed by atoms with van der Waals surface area (Å²) in [7, 11) is 0. The lowest BCUT2D eigenvalue weighted by Crippen LogP contribution is -2.39. The molecule has 5 nitrogen and oxygen atoms in total. The number of nitrogens with zero attached hydrogens (tertiary/aromatic N) is 1. The number of rotatable bonds is 5. The van der Waals surface area contributed by atoms with Crippen molar-refractivity contribution in [2.45, 2.75) is 20.0 Å². The van der Waals surface area contributed by atoms with Gasteiger partial charge in [-0.1, -0.05) is 60.7 Å². The highest BCUT2D eigenvalue weighted by atomic mass is 16.3. The van der Waals surface area contributed by atoms with Gasteiger partial charge in [-0.15, -0.1) is 0 Å². The molecule has 0 aromatic heterocycles. The van der Waals surface area contributed by atoms with Crippen molar-refractivity contribution >= 4 is 17.5 Å². The normalized spacial score (nSPS) is 10.3. The molecule has 3 rings (SSSR count). The molecule has 3 aromatic rings. The molecule has 2 N–H and O–H groups in total. The van der Waals surface area contributed by atoms with Crippen LogP contribution in [0.1, 0.15) is 16.7 Å². The van der Waals surface area contributed by atoms with Gasteiger partial charge in [0.15, 0.2) is 0 Å². The average molecular weight is 374 g/mol. The van der Waals surface area contributed by atoms with Gasteiger partial charge < -0.3 is 15.3 Å². The molecule has 0 saturated carbocycles. The van der Waals surface area contributed by atoms with Crippen molar-refractivity contribution in [3.05, 3.63) is 95.6 Å². The predicted molar refractivity (Wildman–Crippen MR) is 109 cm³/mol. The lowest BCUT2D eigenvalue weighted by atomic mass is 10.1. The molecule has 0 aliphatic rings. The first-order chi connectivity index (χ1) is 13.5. The molecule has 0 atom stereocenters. The first kappa shape index (κ1) is 19.2. The minimum atomic E-state index is -0.708. The summed E-state index contributed by atoms with van der Waals surface area (Å²) in [6.07, 6.45) is 0. The van der Waals surface area contributed by atoms with E-state index in [2.05, 4.69) is 5.32 Å². The third kappa shape index (κ3) is 4.98. The summed E-state index contributed by atoms with van der Waals surface area (Å²) in [5.41, 5.74) is 3.06. The van der Waals surface area contributed by atoms with Crippen molar-refractivity contribution in [1.82, 2.24) is 4.90 Å². The van der Waals surface area contributed by atoms with E-state index in [1.807, 2.05) is 60.7 Å². The third-order valence-electron chi connectivity index (χ3n) is 4.37. The van der Waals surface area contributed by atoms with Gasteiger partial charge in [0.2, 0.25) is 0 Å². The van der Waals surface area contributed by atoms with Crippen LogP contribution >= 0.6 is 0 Å². The molecule has 0 heterocycles. The Hall–Kier alpha value is -3.60. The Morgan fingerprint density at radius 3 is 1.89 bits per heavy atom. The van der Waals surface area contributed by atoms with Crippen LogP contribution in [0.15, 0.2) is 78.9 Å². The van der Waals surface area contributed by atoms with E-state index in [4.69, 9.17) is 0 Å². The summed E-state index contributed by atoms with van der Waals surface area (Å²) < 4.78 is 0. The fourth-order valence-electron chi connectivity index (χ4n) is 2.91. The number of hydrogen-bond donors (Lipinski definition) is 2. The van der Waals surface area contributed by atoms with Gasteiger partial charge in [-0.3, -0.25) is 9.59 Å². The van der Waals surface area contributed by atoms with Gasteiger partial charge in [0, 0.05) is 18.8 Å². The second kappa shape index (κ2) is 8.86. The fourth-order valence-corrected chi connectivity index (χ4v) is 2.91. The number of carbonyl (C=O) groups excluding carboxylic acids is 2. The van der Waals surface area contributed by atoms with Crippen molar-refractivity contribution in [2.24, 2.45) is 0 Å². The van der Waals surface area contributed by atoms with E-state index in [0.717, 1.165) is 11.1 Å². The van der Waals surface area contributed by atoms with Crippen molar-refractivity contribution in [2.75, 3.05) is 5.32 Å². The second-order valence-electron chi connectivity index (χ2n) is 6.59. The molecular formula is C23H22N2O3. The quantitative estimate of drug-likeness (QED) is 0.526. The number of nitrogens with one attached hydrogen (secondary N) is 1. The molecule has 0 unspecified atom stereocenters. The minimum absolute atomic E-state index is 0.108. The molecule has 0 spiro atoms. The van der Waals surface area contributed by atoms with Gasteiger partial charge in [-0.25, -0.2) is 0 Å². The van der Waals surface area contributed by atoms with E-state index in [0.29, 0.717) is 24.3 Å². The number of carbonyl (C=O) groups is 2. The predicted octanol–water partition coefficient (Wildman–Crippen LogP) is 3.87. The summed E-state index contributed by atoms with van der Waals surface area (Å²) in [5, 5.41) is 12.2. The van der Waals surface area contributed by atoms with Crippen LogP contribution in [-0.4, -0.2) is 21.8 Å². The lowest BCUT2D eigenvalue weighted by Gasteiger charge is -2.23. The molecule has 0 aliphatic carbocycles. The molecule has 142 valence electrons. The van der Waals surface area contributed by atoms with Crippen molar-refractivity contribution in [3.63, 3.8) is 0 Å². The summed E-state index contributed by atoms with van der Waals surface area (Å²) in [5.74, 6) is -1.21. The minimum Gasteiger partial charge on any atom is -0.508 e. The number of phenolic OH excluding ortho intramolecular Hbond substituents is 1. The van der Waals surface area contributed by atoms with Gasteiger partial charge in [0.25, 0.3) is 0 Å². The summed E-state index contributed by atoms with van der Waals surface area (Å²) in [4.78, 5) is 27.0. The zero-order valence-corrected chi connectivity index (χ0v) is 15.6. The highest BCUT2D eigenvalue weighted by Crippen LogP contribution is 2.20. The van der Waals surface area contributed by atoms with Gasteiger partial charge in [-0.05, 0) is 41.8 Å². The SMILES string of the molecule is Cc1cc(O)ccc1NC(=O)C(=O)N(Cc1ccccc1)Cc1ccccc1. The Morgan fingerprint density at radius 1 is 0.857 bits per heavy atom. The van der Waals surface area contributed by atoms with Crippen LogP contribution in [0.5, 0.6) is 5.75 Å². The van der Waals surface area contributed by atoms with Crippen molar-refractivity contribution < 1.29 is 14.7 Å². The second-order valence-corrected chi connectivity index (χ2v) is 6.59. The zero-order valence-electron chi connectivity index (χ0n) is 15.6. The van der Waals surface area contributed by atoms with Gasteiger partial charge in [-0.2, -0.15) is 0 Å². The highest BCUT2D eigenvalue weighted by Gasteiger charge is 2.23. The van der Waals surface area contributed by atoms with Crippen LogP contribution in [0.25, 0.3) is 0 Å². The molecule has 0 fully saturated rings. The number of hydrogen-bond acceptors (Lipinski definition) is 3. The smallest absolute Gasteiger partial charge is 0.313 e. The Bertz CT molecular complexity index is 915. The van der Waals surface area contributed by atoms with E-state index in [1.54, 1.807) is 13.0 Å². The Labute approximate surface area is 164 Å². The van der Waals surface area contributed by atoms with Gasteiger partial charge >= 0.3 is 11.8 Å². The van der Waals surface area contributed by atoms with Crippen LogP contribution in [-0.2, 0) is 22.7 Å². The molecule has 2 amide bonds. The number of aromatic hydroxyl groups is 1. The van der Waals surface area contributed by atoms with Crippen molar-refractivity contribution in [3.8, 4) is 5.75 Å². The number of benzene rings is 3. The topological polar surface area (TPSA) is 69.6 Å². The van der Waals surface area contributed by atoms with Crippen LogP contribution in [0.2, 0.25) is 0 Å². The maximum atomic E-state index is 12.9. The van der Waals surface area contributed by atoms with E-state index in [-0.39, 0.29) is 5.75 Å². The summed E-state index contributed by atoms with van der Waals surface area (Å²) in [6.45, 7) is 2.42. The van der Waals surface area contributed by atoms with Crippen LogP contribution < -0.4 is 5.32 Å². The molecule has 3 aromatic carbocycles. The third-order valence-corrected chi connectivity index (χ3v) is 4.37. The molecule has 0 saturated heterocycles. The van der Waals surface area contributed by atoms with E-state index < -0.39 is 11.8 Å². The van der Waals surface area contributed by atoms with Crippen molar-refractivity contribution in [1.29, 1.82) is 0 Å². The number of anilines is 1. The first-order valence-electron chi connectivity index (χ1n) is 9.00. The molecule has 0 aliphatic heterocycles. The lowest BCUT2D eigenvalue weighted by molar-refractivity contribution is -0.144. The molecule has 0 radical (unpaired) electrons. The molecule has 0 bridgehead atoms. The van der Waals surface area contributed by atoms with Gasteiger partial charge in [0.05, 0.1) is 0 Å². The Morgan fingerprint density at radius 2 is 1.39 bits per heavy atom. The van der Waals surface area contributed by atoms with Crippen LogP contribution in [0, 0.1) is 6.92 Å². The number of phenols is 1. The largest absolute Gasteiger partial charge is 0.508 e. The first-order valence-corrected chi connectivity index (χ1v) is 9.00. The van der Waals surface area contributed by atoms with Crippen LogP contribution in [0.4, 0.5) is 5.69 Å². The van der Waals surface area contributed by atoms with E-state index in [9.17, 15) is 14.7 Å². The fraction of sp³-hybridized carbons (Fsp3) is 0.130. The Kier molecular flexibility index (Phi) is 6.07. The molecule has 5 heteroatoms. The van der Waals surface area contributed by atoms with Crippen LogP contribution in [0.3, 0.4) is 0 Å².